The molecule has 2 unspecified atom stereocenters. The summed E-state index contributed by atoms with van der Waals surface area (Å²) in [6, 6.07) is 20.1. The van der Waals surface area contributed by atoms with Crippen molar-refractivity contribution < 1.29 is 14.3 Å². The normalized spacial score (nSPS) is 20.1. The molecule has 4 rings (SSSR count). The number of rotatable bonds is 4. The van der Waals surface area contributed by atoms with E-state index in [-0.39, 0.29) is 41.1 Å². The molecule has 3 amide bonds. The minimum Gasteiger partial charge on any atom is -0.444 e. The van der Waals surface area contributed by atoms with Crippen LogP contribution in [0.15, 0.2) is 54.6 Å². The van der Waals surface area contributed by atoms with Crippen LogP contribution in [0.1, 0.15) is 97.9 Å². The highest BCUT2D eigenvalue weighted by atomic mass is 16.6. The number of carbonyl (C=O) groups is 2. The molecule has 0 radical (unpaired) electrons. The van der Waals surface area contributed by atoms with Crippen LogP contribution < -0.4 is 5.32 Å². The molecule has 2 atom stereocenters. The molecule has 2 aliphatic heterocycles. The Kier molecular flexibility index (Phi) is 9.85. The second-order valence-corrected chi connectivity index (χ2v) is 15.4. The number of amides is 3. The smallest absolute Gasteiger partial charge is 0.410 e. The number of nitrogens with zero attached hydrogens (tertiary/aromatic N) is 3. The number of likely N-dealkylation sites (tertiary alicyclic amines) is 1. The van der Waals surface area contributed by atoms with E-state index in [1.807, 2.05) is 20.8 Å². The Morgan fingerprint density at radius 2 is 1.37 bits per heavy atom. The van der Waals surface area contributed by atoms with E-state index < -0.39 is 5.60 Å². The molecule has 0 aliphatic carbocycles. The van der Waals surface area contributed by atoms with Crippen molar-refractivity contribution >= 4 is 12.1 Å². The van der Waals surface area contributed by atoms with Crippen LogP contribution in [0.2, 0.25) is 0 Å². The molecule has 0 spiro atoms. The van der Waals surface area contributed by atoms with Crippen LogP contribution in [0.25, 0.3) is 0 Å². The summed E-state index contributed by atoms with van der Waals surface area (Å²) in [5, 5.41) is 3.32. The Labute approximate surface area is 260 Å². The molecular formula is C36H54N4O3. The van der Waals surface area contributed by atoms with E-state index in [0.29, 0.717) is 19.6 Å². The third-order valence-corrected chi connectivity index (χ3v) is 8.72. The van der Waals surface area contributed by atoms with E-state index in [1.165, 1.54) is 16.7 Å². The van der Waals surface area contributed by atoms with Crippen LogP contribution in [-0.4, -0.2) is 77.2 Å². The molecule has 0 saturated carbocycles. The number of nitrogens with one attached hydrogen (secondary N) is 1. The summed E-state index contributed by atoms with van der Waals surface area (Å²) < 4.78 is 5.54. The van der Waals surface area contributed by atoms with Gasteiger partial charge in [0.15, 0.2) is 0 Å². The highest BCUT2D eigenvalue weighted by Gasteiger charge is 2.41. The first-order chi connectivity index (χ1) is 20.0. The number of hydrogen-bond acceptors (Lipinski definition) is 4. The molecule has 2 aromatic rings. The lowest BCUT2D eigenvalue weighted by molar-refractivity contribution is 0.0177. The first-order valence-electron chi connectivity index (χ1n) is 16.0. The average Bonchev–Trinajstić information content (AvgIpc) is 2.92. The lowest BCUT2D eigenvalue weighted by Gasteiger charge is -2.49. The molecule has 0 bridgehead atoms. The third-order valence-electron chi connectivity index (χ3n) is 8.72. The van der Waals surface area contributed by atoms with Gasteiger partial charge in [0.2, 0.25) is 0 Å². The van der Waals surface area contributed by atoms with Crippen LogP contribution in [0.5, 0.6) is 0 Å². The van der Waals surface area contributed by atoms with Gasteiger partial charge < -0.3 is 19.9 Å². The topological polar surface area (TPSA) is 65.1 Å². The predicted molar refractivity (Wildman–Crippen MR) is 174 cm³/mol. The highest BCUT2D eigenvalue weighted by Crippen LogP contribution is 2.36. The van der Waals surface area contributed by atoms with Crippen LogP contribution in [-0.2, 0) is 10.2 Å². The fourth-order valence-corrected chi connectivity index (χ4v) is 6.23. The average molecular weight is 591 g/mol. The maximum absolute atomic E-state index is 13.8. The van der Waals surface area contributed by atoms with Crippen molar-refractivity contribution in [2.75, 3.05) is 32.7 Å². The predicted octanol–water partition coefficient (Wildman–Crippen LogP) is 7.21. The van der Waals surface area contributed by atoms with Gasteiger partial charge in [0.05, 0.1) is 12.1 Å². The molecule has 0 aromatic heterocycles. The number of carbonyl (C=O) groups excluding carboxylic acids is 2. The quantitative estimate of drug-likeness (QED) is 0.409. The van der Waals surface area contributed by atoms with Gasteiger partial charge in [-0.2, -0.15) is 0 Å². The zero-order chi connectivity index (χ0) is 31.6. The van der Waals surface area contributed by atoms with E-state index in [2.05, 4.69) is 111 Å². The molecule has 43 heavy (non-hydrogen) atoms. The number of hydrogen-bond donors (Lipinski definition) is 1. The second-order valence-electron chi connectivity index (χ2n) is 15.4. The van der Waals surface area contributed by atoms with Gasteiger partial charge in [0, 0.05) is 38.8 Å². The first-order valence-corrected chi connectivity index (χ1v) is 16.0. The van der Waals surface area contributed by atoms with E-state index in [9.17, 15) is 9.59 Å². The van der Waals surface area contributed by atoms with Gasteiger partial charge in [-0.25, -0.2) is 9.59 Å². The molecule has 1 N–H and O–H groups in total. The van der Waals surface area contributed by atoms with Crippen molar-refractivity contribution in [3.63, 3.8) is 0 Å². The summed E-state index contributed by atoms with van der Waals surface area (Å²) in [6.07, 6.45) is 1.18. The van der Waals surface area contributed by atoms with Crippen molar-refractivity contribution in [3.8, 4) is 0 Å². The van der Waals surface area contributed by atoms with Crippen LogP contribution >= 0.6 is 0 Å². The summed E-state index contributed by atoms with van der Waals surface area (Å²) in [5.41, 5.74) is 3.36. The van der Waals surface area contributed by atoms with E-state index in [0.717, 1.165) is 25.9 Å². The summed E-state index contributed by atoms with van der Waals surface area (Å²) in [4.78, 5) is 32.6. The van der Waals surface area contributed by atoms with Gasteiger partial charge in [-0.05, 0) is 61.1 Å². The molecule has 2 aliphatic rings. The fraction of sp³-hybridized carbons (Fsp3) is 0.611. The Morgan fingerprint density at radius 3 is 1.91 bits per heavy atom. The number of piperidine rings is 1. The van der Waals surface area contributed by atoms with Gasteiger partial charge in [0.25, 0.3) is 0 Å². The van der Waals surface area contributed by atoms with Crippen LogP contribution in [0.4, 0.5) is 9.59 Å². The van der Waals surface area contributed by atoms with Crippen molar-refractivity contribution in [1.29, 1.82) is 0 Å². The zero-order valence-electron chi connectivity index (χ0n) is 27.9. The molecule has 2 aromatic carbocycles. The third kappa shape index (κ3) is 8.53. The Hall–Kier alpha value is -3.06. The summed E-state index contributed by atoms with van der Waals surface area (Å²) in [7, 11) is 0. The maximum atomic E-state index is 13.8. The number of benzene rings is 2. The second kappa shape index (κ2) is 12.9. The molecule has 236 valence electrons. The van der Waals surface area contributed by atoms with Crippen molar-refractivity contribution in [2.24, 2.45) is 5.41 Å². The van der Waals surface area contributed by atoms with Crippen molar-refractivity contribution in [2.45, 2.75) is 104 Å². The fourth-order valence-electron chi connectivity index (χ4n) is 6.23. The minimum atomic E-state index is -0.512. The number of urea groups is 1. The standard InChI is InChI=1S/C36H54N4O3/c1-34(2,3)28-17-15-27(16-18-28)31(26-13-11-10-12-14-26)39-23-24-40(30(25-39)35(4,5)6)32(41)37-29-19-21-38(22-20-29)33(42)43-36(7,8)9/h10-18,29-31H,19-25H2,1-9H3,(H,37,41). The van der Waals surface area contributed by atoms with Gasteiger partial charge in [0.1, 0.15) is 5.60 Å². The molecule has 2 saturated heterocycles. The number of piperazine rings is 1. The van der Waals surface area contributed by atoms with Crippen LogP contribution in [0.3, 0.4) is 0 Å². The summed E-state index contributed by atoms with van der Waals surface area (Å²) >= 11 is 0. The molecule has 7 nitrogen and oxygen atoms in total. The highest BCUT2D eigenvalue weighted by molar-refractivity contribution is 5.75. The zero-order valence-corrected chi connectivity index (χ0v) is 27.9. The lowest BCUT2D eigenvalue weighted by Crippen LogP contribution is -2.63. The molecule has 2 fully saturated rings. The first kappa shape index (κ1) is 32.8. The van der Waals surface area contributed by atoms with Crippen molar-refractivity contribution in [3.05, 3.63) is 71.3 Å². The number of ether oxygens (including phenoxy) is 1. The van der Waals surface area contributed by atoms with Crippen LogP contribution in [0, 0.1) is 5.41 Å². The molecule has 7 heteroatoms. The monoisotopic (exact) mass is 590 g/mol. The van der Waals surface area contributed by atoms with Crippen molar-refractivity contribution in [1.82, 2.24) is 20.0 Å². The van der Waals surface area contributed by atoms with Gasteiger partial charge in [-0.1, -0.05) is 96.1 Å². The largest absolute Gasteiger partial charge is 0.444 e. The Bertz CT molecular complexity index is 1220. The Morgan fingerprint density at radius 1 is 0.791 bits per heavy atom. The van der Waals surface area contributed by atoms with Gasteiger partial charge in [-0.15, -0.1) is 0 Å². The van der Waals surface area contributed by atoms with E-state index >= 15 is 0 Å². The lowest BCUT2D eigenvalue weighted by atomic mass is 9.82. The SMILES string of the molecule is CC(C)(C)OC(=O)N1CCC(NC(=O)N2CCN(C(c3ccccc3)c3ccc(C(C)(C)C)cc3)CC2C(C)(C)C)CC1. The molecular weight excluding hydrogens is 536 g/mol. The maximum Gasteiger partial charge on any atom is 0.410 e. The summed E-state index contributed by atoms with van der Waals surface area (Å²) in [6.45, 7) is 22.5. The molecule has 2 heterocycles. The Balaban J connectivity index is 1.47. The van der Waals surface area contributed by atoms with Gasteiger partial charge in [-0.3, -0.25) is 4.90 Å². The van der Waals surface area contributed by atoms with E-state index in [4.69, 9.17) is 4.74 Å². The minimum absolute atomic E-state index is 0.00100. The summed E-state index contributed by atoms with van der Waals surface area (Å²) in [5.74, 6) is 0. The van der Waals surface area contributed by atoms with E-state index in [1.54, 1.807) is 4.90 Å². The van der Waals surface area contributed by atoms with Gasteiger partial charge >= 0.3 is 12.1 Å².